The first-order chi connectivity index (χ1) is 9.50. The zero-order valence-electron chi connectivity index (χ0n) is 12.2. The van der Waals surface area contributed by atoms with Crippen molar-refractivity contribution in [1.29, 1.82) is 0 Å². The highest BCUT2D eigenvalue weighted by Crippen LogP contribution is 2.26. The van der Waals surface area contributed by atoms with E-state index >= 15 is 0 Å². The monoisotopic (exact) mass is 270 g/mol. The summed E-state index contributed by atoms with van der Waals surface area (Å²) in [6, 6.07) is 7.44. The molecule has 5 nitrogen and oxygen atoms in total. The van der Waals surface area contributed by atoms with E-state index < -0.39 is 0 Å². The molecule has 0 radical (unpaired) electrons. The molecule has 1 aromatic heterocycles. The summed E-state index contributed by atoms with van der Waals surface area (Å²) in [7, 11) is 7.32. The summed E-state index contributed by atoms with van der Waals surface area (Å²) in [6.45, 7) is 0. The molecule has 0 saturated carbocycles. The Morgan fingerprint density at radius 2 is 1.75 bits per heavy atom. The molecule has 0 fully saturated rings. The fourth-order valence-corrected chi connectivity index (χ4v) is 1.92. The molecule has 104 valence electrons. The molecular weight excluding hydrogens is 252 g/mol. The smallest absolute Gasteiger partial charge is 0.253 e. The molecule has 2 aromatic rings. The molecule has 0 N–H and O–H groups in total. The highest BCUT2D eigenvalue weighted by atomic mass is 16.2. The van der Waals surface area contributed by atoms with Crippen LogP contribution in [0, 0.1) is 0 Å². The standard InChI is InChI=1S/C15H18N4O/c1-18(2)14-13(16-8-9-17-14)11-6-5-7-12(10-11)15(20)19(3)4/h5-10H,1-4H3. The van der Waals surface area contributed by atoms with Gasteiger partial charge in [0.2, 0.25) is 0 Å². The van der Waals surface area contributed by atoms with Gasteiger partial charge in [-0.1, -0.05) is 12.1 Å². The van der Waals surface area contributed by atoms with Crippen LogP contribution in [-0.2, 0) is 0 Å². The molecule has 20 heavy (non-hydrogen) atoms. The van der Waals surface area contributed by atoms with E-state index in [2.05, 4.69) is 9.97 Å². The number of carbonyl (C=O) groups is 1. The number of benzene rings is 1. The molecule has 0 saturated heterocycles. The maximum absolute atomic E-state index is 12.0. The third kappa shape index (κ3) is 2.77. The molecule has 0 spiro atoms. The second-order valence-corrected chi connectivity index (χ2v) is 4.90. The summed E-state index contributed by atoms with van der Waals surface area (Å²) in [6.07, 6.45) is 3.32. The van der Waals surface area contributed by atoms with Gasteiger partial charge in [-0.15, -0.1) is 0 Å². The summed E-state index contributed by atoms with van der Waals surface area (Å²) in [4.78, 5) is 24.2. The van der Waals surface area contributed by atoms with Crippen LogP contribution >= 0.6 is 0 Å². The summed E-state index contributed by atoms with van der Waals surface area (Å²) >= 11 is 0. The maximum atomic E-state index is 12.0. The Labute approximate surface area is 118 Å². The van der Waals surface area contributed by atoms with Crippen LogP contribution in [0.1, 0.15) is 10.4 Å². The number of amides is 1. The summed E-state index contributed by atoms with van der Waals surface area (Å²) in [5.41, 5.74) is 2.29. The first kappa shape index (κ1) is 14.0. The molecular formula is C15H18N4O. The fraction of sp³-hybridized carbons (Fsp3) is 0.267. The van der Waals surface area contributed by atoms with Crippen molar-refractivity contribution in [2.75, 3.05) is 33.1 Å². The van der Waals surface area contributed by atoms with Gasteiger partial charge in [0.05, 0.1) is 0 Å². The number of anilines is 1. The highest BCUT2D eigenvalue weighted by molar-refractivity contribution is 5.95. The number of aromatic nitrogens is 2. The minimum absolute atomic E-state index is 0.0258. The molecule has 0 unspecified atom stereocenters. The Bertz CT molecular complexity index is 623. The molecule has 2 rings (SSSR count). The third-order valence-electron chi connectivity index (χ3n) is 2.89. The molecule has 5 heteroatoms. The van der Waals surface area contributed by atoms with Gasteiger partial charge in [0.1, 0.15) is 5.69 Å². The Hall–Kier alpha value is -2.43. The molecule has 1 amide bonds. The predicted molar refractivity (Wildman–Crippen MR) is 79.8 cm³/mol. The molecule has 1 heterocycles. The topological polar surface area (TPSA) is 49.3 Å². The lowest BCUT2D eigenvalue weighted by atomic mass is 10.1. The van der Waals surface area contributed by atoms with Crippen molar-refractivity contribution in [2.45, 2.75) is 0 Å². The molecule has 0 atom stereocenters. The van der Waals surface area contributed by atoms with Crippen molar-refractivity contribution in [1.82, 2.24) is 14.9 Å². The lowest BCUT2D eigenvalue weighted by molar-refractivity contribution is 0.0827. The van der Waals surface area contributed by atoms with Crippen molar-refractivity contribution in [3.8, 4) is 11.3 Å². The average molecular weight is 270 g/mol. The number of hydrogen-bond acceptors (Lipinski definition) is 4. The highest BCUT2D eigenvalue weighted by Gasteiger charge is 2.13. The molecule has 1 aromatic carbocycles. The van der Waals surface area contributed by atoms with Gasteiger partial charge in [-0.3, -0.25) is 9.78 Å². The van der Waals surface area contributed by atoms with Gasteiger partial charge in [0.25, 0.3) is 5.91 Å². The third-order valence-corrected chi connectivity index (χ3v) is 2.89. The van der Waals surface area contributed by atoms with Crippen LogP contribution in [0.25, 0.3) is 11.3 Å². The van der Waals surface area contributed by atoms with Crippen molar-refractivity contribution in [3.63, 3.8) is 0 Å². The fourth-order valence-electron chi connectivity index (χ4n) is 1.92. The molecule has 0 aliphatic heterocycles. The number of carbonyl (C=O) groups excluding carboxylic acids is 1. The maximum Gasteiger partial charge on any atom is 0.253 e. The van der Waals surface area contributed by atoms with Gasteiger partial charge in [0.15, 0.2) is 5.82 Å². The first-order valence-corrected chi connectivity index (χ1v) is 6.31. The number of rotatable bonds is 3. The van der Waals surface area contributed by atoms with E-state index in [9.17, 15) is 4.79 Å². The Morgan fingerprint density at radius 3 is 2.40 bits per heavy atom. The lowest BCUT2D eigenvalue weighted by Gasteiger charge is -2.16. The Morgan fingerprint density at radius 1 is 1.05 bits per heavy atom. The minimum Gasteiger partial charge on any atom is -0.361 e. The Kier molecular flexibility index (Phi) is 3.98. The van der Waals surface area contributed by atoms with E-state index in [4.69, 9.17) is 0 Å². The molecule has 0 aliphatic carbocycles. The second kappa shape index (κ2) is 5.69. The number of nitrogens with zero attached hydrogens (tertiary/aromatic N) is 4. The van der Waals surface area contributed by atoms with E-state index in [1.807, 2.05) is 37.2 Å². The van der Waals surface area contributed by atoms with Crippen LogP contribution in [0.2, 0.25) is 0 Å². The van der Waals surface area contributed by atoms with Crippen molar-refractivity contribution < 1.29 is 4.79 Å². The normalized spacial score (nSPS) is 10.2. The minimum atomic E-state index is -0.0258. The van der Waals surface area contributed by atoms with E-state index in [1.54, 1.807) is 37.5 Å². The van der Waals surface area contributed by atoms with Gasteiger partial charge < -0.3 is 9.80 Å². The van der Waals surface area contributed by atoms with Gasteiger partial charge in [-0.05, 0) is 12.1 Å². The molecule has 0 aliphatic rings. The first-order valence-electron chi connectivity index (χ1n) is 6.31. The van der Waals surface area contributed by atoms with E-state index in [0.29, 0.717) is 5.56 Å². The van der Waals surface area contributed by atoms with Crippen molar-refractivity contribution in [3.05, 3.63) is 42.2 Å². The molecule has 0 bridgehead atoms. The van der Waals surface area contributed by atoms with Crippen LogP contribution in [0.4, 0.5) is 5.82 Å². The predicted octanol–water partition coefficient (Wildman–Crippen LogP) is 1.91. The second-order valence-electron chi connectivity index (χ2n) is 4.90. The SMILES string of the molecule is CN(C)C(=O)c1cccc(-c2nccnc2N(C)C)c1. The van der Waals surface area contributed by atoms with Gasteiger partial charge in [0, 0.05) is 51.7 Å². The number of hydrogen-bond donors (Lipinski definition) is 0. The average Bonchev–Trinajstić information content (AvgIpc) is 2.46. The summed E-state index contributed by atoms with van der Waals surface area (Å²) < 4.78 is 0. The van der Waals surface area contributed by atoms with Crippen LogP contribution in [0.5, 0.6) is 0 Å². The van der Waals surface area contributed by atoms with Crippen LogP contribution < -0.4 is 4.90 Å². The van der Waals surface area contributed by atoms with Gasteiger partial charge >= 0.3 is 0 Å². The van der Waals surface area contributed by atoms with Crippen LogP contribution in [0.15, 0.2) is 36.7 Å². The Balaban J connectivity index is 2.49. The summed E-state index contributed by atoms with van der Waals surface area (Å²) in [5.74, 6) is 0.754. The van der Waals surface area contributed by atoms with E-state index in [-0.39, 0.29) is 5.91 Å². The van der Waals surface area contributed by atoms with E-state index in [0.717, 1.165) is 17.1 Å². The zero-order valence-corrected chi connectivity index (χ0v) is 12.2. The van der Waals surface area contributed by atoms with Gasteiger partial charge in [-0.2, -0.15) is 0 Å². The zero-order chi connectivity index (χ0) is 14.7. The lowest BCUT2D eigenvalue weighted by Crippen LogP contribution is -2.21. The van der Waals surface area contributed by atoms with Crippen molar-refractivity contribution in [2.24, 2.45) is 0 Å². The van der Waals surface area contributed by atoms with E-state index in [1.165, 1.54) is 0 Å². The van der Waals surface area contributed by atoms with Crippen molar-refractivity contribution >= 4 is 11.7 Å². The largest absolute Gasteiger partial charge is 0.361 e. The van der Waals surface area contributed by atoms with Gasteiger partial charge in [-0.25, -0.2) is 4.98 Å². The summed E-state index contributed by atoms with van der Waals surface area (Å²) in [5, 5.41) is 0. The van der Waals surface area contributed by atoms with Crippen LogP contribution in [0.3, 0.4) is 0 Å². The van der Waals surface area contributed by atoms with Crippen LogP contribution in [-0.4, -0.2) is 49.0 Å². The quantitative estimate of drug-likeness (QED) is 0.855.